The molecule has 3 nitrogen and oxygen atoms in total. The SMILES string of the molecule is Cc1nn(C)c(Nc2ccccc2Cl)c1-c1ccc(F)cc1Br. The molecule has 0 radical (unpaired) electrons. The van der Waals surface area contributed by atoms with Gasteiger partial charge >= 0.3 is 0 Å². The molecule has 1 heterocycles. The zero-order valence-electron chi connectivity index (χ0n) is 12.6. The number of nitrogens with one attached hydrogen (secondary N) is 1. The highest BCUT2D eigenvalue weighted by Crippen LogP contribution is 2.38. The second kappa shape index (κ2) is 6.34. The first kappa shape index (κ1) is 16.0. The summed E-state index contributed by atoms with van der Waals surface area (Å²) >= 11 is 9.66. The molecule has 0 saturated heterocycles. The molecule has 1 aromatic heterocycles. The van der Waals surface area contributed by atoms with Crippen molar-refractivity contribution in [2.24, 2.45) is 7.05 Å². The maximum Gasteiger partial charge on any atom is 0.136 e. The van der Waals surface area contributed by atoms with E-state index in [0.717, 1.165) is 28.3 Å². The Labute approximate surface area is 147 Å². The molecule has 0 aliphatic rings. The molecule has 0 bridgehead atoms. The van der Waals surface area contributed by atoms with Crippen LogP contribution in [-0.2, 0) is 7.05 Å². The van der Waals surface area contributed by atoms with E-state index in [1.165, 1.54) is 12.1 Å². The number of hydrogen-bond acceptors (Lipinski definition) is 2. The van der Waals surface area contributed by atoms with Crippen molar-refractivity contribution >= 4 is 39.0 Å². The van der Waals surface area contributed by atoms with Gasteiger partial charge in [0.25, 0.3) is 0 Å². The lowest BCUT2D eigenvalue weighted by molar-refractivity contribution is 0.627. The highest BCUT2D eigenvalue weighted by Gasteiger charge is 2.18. The van der Waals surface area contributed by atoms with Crippen molar-refractivity contribution in [3.8, 4) is 11.1 Å². The number of aromatic nitrogens is 2. The van der Waals surface area contributed by atoms with Crippen LogP contribution in [0.15, 0.2) is 46.9 Å². The van der Waals surface area contributed by atoms with E-state index in [2.05, 4.69) is 26.3 Å². The van der Waals surface area contributed by atoms with E-state index >= 15 is 0 Å². The summed E-state index contributed by atoms with van der Waals surface area (Å²) in [7, 11) is 1.85. The van der Waals surface area contributed by atoms with E-state index in [9.17, 15) is 4.39 Å². The molecule has 0 spiro atoms. The van der Waals surface area contributed by atoms with Gasteiger partial charge in [0.05, 0.1) is 16.4 Å². The Morgan fingerprint density at radius 1 is 1.22 bits per heavy atom. The topological polar surface area (TPSA) is 29.9 Å². The Hall–Kier alpha value is -1.85. The average molecular weight is 395 g/mol. The number of hydrogen-bond donors (Lipinski definition) is 1. The fourth-order valence-corrected chi connectivity index (χ4v) is 3.24. The minimum absolute atomic E-state index is 0.289. The van der Waals surface area contributed by atoms with E-state index in [-0.39, 0.29) is 5.82 Å². The van der Waals surface area contributed by atoms with Crippen LogP contribution in [0.5, 0.6) is 0 Å². The Balaban J connectivity index is 2.13. The molecule has 0 aliphatic heterocycles. The van der Waals surface area contributed by atoms with Crippen LogP contribution in [0.1, 0.15) is 5.69 Å². The summed E-state index contributed by atoms with van der Waals surface area (Å²) in [4.78, 5) is 0. The summed E-state index contributed by atoms with van der Waals surface area (Å²) < 4.78 is 15.8. The lowest BCUT2D eigenvalue weighted by Gasteiger charge is -2.12. The van der Waals surface area contributed by atoms with Crippen LogP contribution < -0.4 is 5.32 Å². The zero-order chi connectivity index (χ0) is 16.6. The van der Waals surface area contributed by atoms with E-state index in [0.29, 0.717) is 9.50 Å². The van der Waals surface area contributed by atoms with Crippen molar-refractivity contribution in [3.63, 3.8) is 0 Å². The number of halogens is 3. The molecule has 2 aromatic carbocycles. The third-order valence-electron chi connectivity index (χ3n) is 3.55. The van der Waals surface area contributed by atoms with Crippen LogP contribution in [0.2, 0.25) is 5.02 Å². The average Bonchev–Trinajstić information content (AvgIpc) is 2.76. The molecular weight excluding hydrogens is 381 g/mol. The number of aryl methyl sites for hydroxylation is 2. The van der Waals surface area contributed by atoms with Gasteiger partial charge in [-0.05, 0) is 31.2 Å². The van der Waals surface area contributed by atoms with Crippen LogP contribution in [0.4, 0.5) is 15.9 Å². The molecule has 0 unspecified atom stereocenters. The number of nitrogens with zero attached hydrogens (tertiary/aromatic N) is 2. The summed E-state index contributed by atoms with van der Waals surface area (Å²) in [5, 5.41) is 8.42. The van der Waals surface area contributed by atoms with Gasteiger partial charge in [-0.3, -0.25) is 4.68 Å². The Kier molecular flexibility index (Phi) is 4.41. The van der Waals surface area contributed by atoms with Crippen molar-refractivity contribution in [1.29, 1.82) is 0 Å². The second-order valence-electron chi connectivity index (χ2n) is 5.16. The smallest absolute Gasteiger partial charge is 0.136 e. The van der Waals surface area contributed by atoms with Gasteiger partial charge in [-0.1, -0.05) is 45.7 Å². The Morgan fingerprint density at radius 3 is 2.65 bits per heavy atom. The first-order valence-corrected chi connectivity index (χ1v) is 8.15. The van der Waals surface area contributed by atoms with Crippen LogP contribution in [-0.4, -0.2) is 9.78 Å². The fraction of sp³-hybridized carbons (Fsp3) is 0.118. The maximum atomic E-state index is 13.4. The highest BCUT2D eigenvalue weighted by molar-refractivity contribution is 9.10. The molecule has 1 N–H and O–H groups in total. The van der Waals surface area contributed by atoms with E-state index in [4.69, 9.17) is 11.6 Å². The van der Waals surface area contributed by atoms with E-state index < -0.39 is 0 Å². The molecule has 6 heteroatoms. The molecule has 0 atom stereocenters. The quantitative estimate of drug-likeness (QED) is 0.618. The van der Waals surface area contributed by atoms with Crippen LogP contribution >= 0.6 is 27.5 Å². The first-order chi connectivity index (χ1) is 11.0. The molecule has 23 heavy (non-hydrogen) atoms. The van der Waals surface area contributed by atoms with Gasteiger partial charge in [0, 0.05) is 22.6 Å². The van der Waals surface area contributed by atoms with Crippen LogP contribution in [0.3, 0.4) is 0 Å². The molecule has 0 amide bonds. The summed E-state index contributed by atoms with van der Waals surface area (Å²) in [5.74, 6) is 0.505. The number of benzene rings is 2. The second-order valence-corrected chi connectivity index (χ2v) is 6.42. The summed E-state index contributed by atoms with van der Waals surface area (Å²) in [6.07, 6.45) is 0. The number of anilines is 2. The van der Waals surface area contributed by atoms with Crippen LogP contribution in [0.25, 0.3) is 11.1 Å². The standard InChI is InChI=1S/C17H14BrClFN3/c1-10-16(12-8-7-11(20)9-13(12)18)17(23(2)22-10)21-15-6-4-3-5-14(15)19/h3-9,21H,1-2H3. The largest absolute Gasteiger partial charge is 0.339 e. The van der Waals surface area contributed by atoms with Gasteiger partial charge in [-0.2, -0.15) is 5.10 Å². The molecule has 0 fully saturated rings. The lowest BCUT2D eigenvalue weighted by Crippen LogP contribution is -2.00. The molecule has 0 saturated carbocycles. The van der Waals surface area contributed by atoms with Gasteiger partial charge in [0.15, 0.2) is 0 Å². The molecule has 0 aliphatic carbocycles. The molecule has 118 valence electrons. The van der Waals surface area contributed by atoms with Crippen LogP contribution in [0, 0.1) is 12.7 Å². The predicted octanol–water partition coefficient (Wildman–Crippen LogP) is 5.69. The monoisotopic (exact) mass is 393 g/mol. The lowest BCUT2D eigenvalue weighted by atomic mass is 10.1. The highest BCUT2D eigenvalue weighted by atomic mass is 79.9. The number of rotatable bonds is 3. The first-order valence-electron chi connectivity index (χ1n) is 6.98. The van der Waals surface area contributed by atoms with Crippen molar-refractivity contribution in [3.05, 3.63) is 63.5 Å². The maximum absolute atomic E-state index is 13.4. The summed E-state index contributed by atoms with van der Waals surface area (Å²) in [6.45, 7) is 1.92. The van der Waals surface area contributed by atoms with Gasteiger partial charge in [0.2, 0.25) is 0 Å². The van der Waals surface area contributed by atoms with Crippen molar-refractivity contribution in [2.45, 2.75) is 6.92 Å². The van der Waals surface area contributed by atoms with Crippen molar-refractivity contribution in [1.82, 2.24) is 9.78 Å². The molecule has 3 rings (SSSR count). The van der Waals surface area contributed by atoms with Crippen molar-refractivity contribution in [2.75, 3.05) is 5.32 Å². The van der Waals surface area contributed by atoms with Gasteiger partial charge in [-0.25, -0.2) is 4.39 Å². The minimum Gasteiger partial charge on any atom is -0.339 e. The Morgan fingerprint density at radius 2 is 1.96 bits per heavy atom. The van der Waals surface area contributed by atoms with Gasteiger partial charge in [0.1, 0.15) is 11.6 Å². The van der Waals surface area contributed by atoms with E-state index in [1.807, 2.05) is 38.2 Å². The van der Waals surface area contributed by atoms with E-state index in [1.54, 1.807) is 10.7 Å². The van der Waals surface area contributed by atoms with Crippen molar-refractivity contribution < 1.29 is 4.39 Å². The zero-order valence-corrected chi connectivity index (χ0v) is 14.9. The molecular formula is C17H14BrClFN3. The predicted molar refractivity (Wildman–Crippen MR) is 95.8 cm³/mol. The summed E-state index contributed by atoms with van der Waals surface area (Å²) in [5.41, 5.74) is 3.40. The third-order valence-corrected chi connectivity index (χ3v) is 4.54. The minimum atomic E-state index is -0.289. The van der Waals surface area contributed by atoms with Gasteiger partial charge < -0.3 is 5.32 Å². The molecule has 3 aromatic rings. The fourth-order valence-electron chi connectivity index (χ4n) is 2.51. The third kappa shape index (κ3) is 3.12. The Bertz CT molecular complexity index is 876. The van der Waals surface area contributed by atoms with Gasteiger partial charge in [-0.15, -0.1) is 0 Å². The number of para-hydroxylation sites is 1. The summed E-state index contributed by atoms with van der Waals surface area (Å²) in [6, 6.07) is 12.1. The normalized spacial score (nSPS) is 10.8.